The number of carbonyl (C=O) groups is 3. The molecule has 1 saturated heterocycles. The third-order valence-electron chi connectivity index (χ3n) is 6.81. The van der Waals surface area contributed by atoms with Gasteiger partial charge in [0.1, 0.15) is 5.00 Å². The Balaban J connectivity index is 1.49. The van der Waals surface area contributed by atoms with Crippen LogP contribution in [0.15, 0.2) is 29.2 Å². The molecule has 12 heteroatoms. The maximum Gasteiger partial charge on any atom is 0.310 e. The minimum atomic E-state index is -3.84. The molecular weight excluding hydrogens is 516 g/mol. The van der Waals surface area contributed by atoms with Crippen molar-refractivity contribution in [1.82, 2.24) is 9.21 Å². The van der Waals surface area contributed by atoms with Crippen LogP contribution in [-0.4, -0.2) is 68.2 Å². The van der Waals surface area contributed by atoms with Crippen LogP contribution in [-0.2, 0) is 32.5 Å². The van der Waals surface area contributed by atoms with Gasteiger partial charge < -0.3 is 15.8 Å². The molecule has 2 aliphatic heterocycles. The number of benzene rings is 1. The number of carbonyl (C=O) groups excluding carboxylic acids is 3. The van der Waals surface area contributed by atoms with Gasteiger partial charge in [-0.2, -0.15) is 4.31 Å². The molecule has 37 heavy (non-hydrogen) atoms. The molecular formula is C25H32N4O6S2. The molecule has 200 valence electrons. The number of amides is 2. The van der Waals surface area contributed by atoms with Crippen LogP contribution in [0.25, 0.3) is 0 Å². The predicted octanol–water partition coefficient (Wildman–Crippen LogP) is 2.44. The first-order valence-electron chi connectivity index (χ1n) is 12.4. The molecule has 0 spiro atoms. The first kappa shape index (κ1) is 27.2. The molecule has 1 fully saturated rings. The van der Waals surface area contributed by atoms with Gasteiger partial charge in [0.05, 0.1) is 23.0 Å². The Morgan fingerprint density at radius 3 is 2.54 bits per heavy atom. The number of piperidine rings is 1. The van der Waals surface area contributed by atoms with Crippen molar-refractivity contribution < 1.29 is 27.5 Å². The summed E-state index contributed by atoms with van der Waals surface area (Å²) in [5.41, 5.74) is 7.14. The van der Waals surface area contributed by atoms with Crippen LogP contribution in [0.1, 0.15) is 57.8 Å². The molecule has 1 atom stereocenters. The maximum absolute atomic E-state index is 13.2. The lowest BCUT2D eigenvalue weighted by Gasteiger charge is -2.30. The smallest absolute Gasteiger partial charge is 0.310 e. The van der Waals surface area contributed by atoms with Gasteiger partial charge in [0, 0.05) is 36.6 Å². The zero-order valence-electron chi connectivity index (χ0n) is 21.0. The minimum absolute atomic E-state index is 0.0395. The molecule has 1 aromatic heterocycles. The summed E-state index contributed by atoms with van der Waals surface area (Å²) < 4.78 is 32.7. The normalized spacial score (nSPS) is 18.7. The Kier molecular flexibility index (Phi) is 8.32. The Morgan fingerprint density at radius 1 is 1.16 bits per heavy atom. The number of esters is 1. The number of primary amides is 1. The Hall–Kier alpha value is -2.80. The molecule has 1 unspecified atom stereocenters. The molecule has 3 heterocycles. The van der Waals surface area contributed by atoms with Crippen molar-refractivity contribution in [2.75, 3.05) is 38.1 Å². The molecule has 3 N–H and O–H groups in total. The number of anilines is 1. The number of fused-ring (bicyclic) bond motifs is 1. The van der Waals surface area contributed by atoms with Crippen LogP contribution < -0.4 is 11.1 Å². The van der Waals surface area contributed by atoms with Crippen LogP contribution in [0.2, 0.25) is 0 Å². The van der Waals surface area contributed by atoms with E-state index in [-0.39, 0.29) is 29.6 Å². The van der Waals surface area contributed by atoms with Crippen LogP contribution in [0.4, 0.5) is 5.00 Å². The Labute approximate surface area is 220 Å². The van der Waals surface area contributed by atoms with Gasteiger partial charge >= 0.3 is 5.97 Å². The van der Waals surface area contributed by atoms with E-state index in [2.05, 4.69) is 17.1 Å². The minimum Gasteiger partial charge on any atom is -0.466 e. The fourth-order valence-electron chi connectivity index (χ4n) is 4.79. The predicted molar refractivity (Wildman–Crippen MR) is 140 cm³/mol. The van der Waals surface area contributed by atoms with Crippen molar-refractivity contribution in [3.8, 4) is 0 Å². The average Bonchev–Trinajstić information content (AvgIpc) is 3.26. The topological polar surface area (TPSA) is 139 Å². The highest BCUT2D eigenvalue weighted by Crippen LogP contribution is 2.37. The summed E-state index contributed by atoms with van der Waals surface area (Å²) in [5, 5.41) is 3.21. The van der Waals surface area contributed by atoms with E-state index >= 15 is 0 Å². The standard InChI is InChI=1S/C25H32N4O6S2/c1-3-28-13-11-19-20(15-28)36-24(21(19)22(26)30)27-23(31)16-7-9-18(10-8-16)37(33,34)29-12-5-6-17(14-29)25(32)35-4-2/h7-10,17H,3-6,11-15H2,1-2H3,(H2,26,30)(H,27,31). The van der Waals surface area contributed by atoms with E-state index in [0.29, 0.717) is 42.9 Å². The second-order valence-electron chi connectivity index (χ2n) is 9.12. The third-order valence-corrected chi connectivity index (χ3v) is 9.83. The van der Waals surface area contributed by atoms with E-state index in [1.807, 2.05) is 0 Å². The van der Waals surface area contributed by atoms with E-state index < -0.39 is 27.8 Å². The monoisotopic (exact) mass is 548 g/mol. The van der Waals surface area contributed by atoms with E-state index in [4.69, 9.17) is 10.5 Å². The van der Waals surface area contributed by atoms with Crippen LogP contribution in [0.3, 0.4) is 0 Å². The van der Waals surface area contributed by atoms with Gasteiger partial charge in [-0.25, -0.2) is 8.42 Å². The number of nitrogens with two attached hydrogens (primary N) is 1. The van der Waals surface area contributed by atoms with E-state index in [1.165, 1.54) is 39.9 Å². The number of likely N-dealkylation sites (N-methyl/N-ethyl adjacent to an activating group) is 1. The number of thiophene rings is 1. The maximum atomic E-state index is 13.2. The fraction of sp³-hybridized carbons (Fsp3) is 0.480. The molecule has 1 aromatic carbocycles. The first-order chi connectivity index (χ1) is 17.6. The fourth-order valence-corrected chi connectivity index (χ4v) is 7.61. The van der Waals surface area contributed by atoms with E-state index in [1.54, 1.807) is 6.92 Å². The molecule has 2 amide bonds. The van der Waals surface area contributed by atoms with Gasteiger partial charge in [0.2, 0.25) is 10.0 Å². The average molecular weight is 549 g/mol. The molecule has 0 radical (unpaired) electrons. The molecule has 2 aromatic rings. The molecule has 4 rings (SSSR count). The molecule has 10 nitrogen and oxygen atoms in total. The quantitative estimate of drug-likeness (QED) is 0.483. The van der Waals surface area contributed by atoms with Crippen molar-refractivity contribution in [3.05, 3.63) is 45.8 Å². The number of hydrogen-bond acceptors (Lipinski definition) is 8. The molecule has 2 aliphatic rings. The highest BCUT2D eigenvalue weighted by atomic mass is 32.2. The second-order valence-corrected chi connectivity index (χ2v) is 12.2. The summed E-state index contributed by atoms with van der Waals surface area (Å²) in [6, 6.07) is 5.63. The van der Waals surface area contributed by atoms with Gasteiger partial charge in [0.15, 0.2) is 0 Å². The number of sulfonamides is 1. The summed E-state index contributed by atoms with van der Waals surface area (Å²) in [6.45, 7) is 6.83. The number of ether oxygens (including phenoxy) is 1. The van der Waals surface area contributed by atoms with E-state index in [0.717, 1.165) is 23.5 Å². The molecule has 0 saturated carbocycles. The van der Waals surface area contributed by atoms with Gasteiger partial charge in [-0.1, -0.05) is 6.92 Å². The Bertz CT molecular complexity index is 1290. The van der Waals surface area contributed by atoms with Crippen LogP contribution >= 0.6 is 11.3 Å². The molecule has 0 aliphatic carbocycles. The lowest BCUT2D eigenvalue weighted by molar-refractivity contribution is -0.149. The number of hydrogen-bond donors (Lipinski definition) is 2. The number of rotatable bonds is 8. The summed E-state index contributed by atoms with van der Waals surface area (Å²) in [6.07, 6.45) is 1.83. The SMILES string of the molecule is CCOC(=O)C1CCCN(S(=O)(=O)c2ccc(C(=O)Nc3sc4c(c3C(N)=O)CCN(CC)C4)cc2)C1. The lowest BCUT2D eigenvalue weighted by Crippen LogP contribution is -2.42. The van der Waals surface area contributed by atoms with Crippen molar-refractivity contribution in [1.29, 1.82) is 0 Å². The molecule has 0 bridgehead atoms. The summed E-state index contributed by atoms with van der Waals surface area (Å²) in [7, 11) is -3.84. The van der Waals surface area contributed by atoms with E-state index in [9.17, 15) is 22.8 Å². The number of nitrogens with zero attached hydrogens (tertiary/aromatic N) is 2. The highest BCUT2D eigenvalue weighted by molar-refractivity contribution is 7.89. The van der Waals surface area contributed by atoms with Crippen molar-refractivity contribution in [2.45, 2.75) is 44.6 Å². The Morgan fingerprint density at radius 2 is 1.89 bits per heavy atom. The summed E-state index contributed by atoms with van der Waals surface area (Å²) >= 11 is 1.35. The van der Waals surface area contributed by atoms with Crippen molar-refractivity contribution >= 4 is 44.1 Å². The van der Waals surface area contributed by atoms with Crippen LogP contribution in [0.5, 0.6) is 0 Å². The zero-order valence-corrected chi connectivity index (χ0v) is 22.6. The van der Waals surface area contributed by atoms with Crippen molar-refractivity contribution in [2.24, 2.45) is 11.7 Å². The van der Waals surface area contributed by atoms with Gasteiger partial charge in [-0.3, -0.25) is 19.3 Å². The zero-order chi connectivity index (χ0) is 26.7. The first-order valence-corrected chi connectivity index (χ1v) is 14.7. The van der Waals surface area contributed by atoms with Gasteiger partial charge in [-0.05, 0) is 62.6 Å². The second kappa shape index (κ2) is 11.3. The lowest BCUT2D eigenvalue weighted by atomic mass is 10.0. The third kappa shape index (κ3) is 5.71. The largest absolute Gasteiger partial charge is 0.466 e. The highest BCUT2D eigenvalue weighted by Gasteiger charge is 2.34. The van der Waals surface area contributed by atoms with Gasteiger partial charge in [0.25, 0.3) is 11.8 Å². The number of nitrogens with one attached hydrogen (secondary N) is 1. The summed E-state index contributed by atoms with van der Waals surface area (Å²) in [5.74, 6) is -1.92. The summed E-state index contributed by atoms with van der Waals surface area (Å²) in [4.78, 5) is 40.6. The van der Waals surface area contributed by atoms with Gasteiger partial charge in [-0.15, -0.1) is 11.3 Å². The van der Waals surface area contributed by atoms with Crippen molar-refractivity contribution in [3.63, 3.8) is 0 Å². The van der Waals surface area contributed by atoms with Crippen LogP contribution in [0, 0.1) is 5.92 Å².